The monoisotopic (exact) mass is 540 g/mol. The number of thioether (sulfide) groups is 1. The first-order valence-corrected chi connectivity index (χ1v) is 14.1. The summed E-state index contributed by atoms with van der Waals surface area (Å²) in [5, 5.41) is 0. The fourth-order valence-corrected chi connectivity index (χ4v) is 5.51. The molecule has 0 aromatic heterocycles. The number of hydrogen-bond acceptors (Lipinski definition) is 9. The van der Waals surface area contributed by atoms with Crippen molar-refractivity contribution in [2.75, 3.05) is 53.6 Å². The SMILES string of the molecule is COc1ccc(CN(C)C(=O)C(CCSC)NS(=O)(=O)c2ccc3c(c2)OCCO3)c(OC)c1OC. The summed E-state index contributed by atoms with van der Waals surface area (Å²) in [6, 6.07) is 6.93. The summed E-state index contributed by atoms with van der Waals surface area (Å²) >= 11 is 1.53. The van der Waals surface area contributed by atoms with Gasteiger partial charge in [-0.05, 0) is 42.7 Å². The van der Waals surface area contributed by atoms with Crippen LogP contribution in [-0.4, -0.2) is 78.9 Å². The van der Waals surface area contributed by atoms with Crippen molar-refractivity contribution in [3.8, 4) is 28.7 Å². The lowest BCUT2D eigenvalue weighted by Gasteiger charge is -2.26. The topological polar surface area (TPSA) is 113 Å². The molecule has 12 heteroatoms. The van der Waals surface area contributed by atoms with E-state index >= 15 is 0 Å². The van der Waals surface area contributed by atoms with Crippen molar-refractivity contribution in [2.45, 2.75) is 23.9 Å². The molecule has 0 saturated carbocycles. The summed E-state index contributed by atoms with van der Waals surface area (Å²) in [5.41, 5.74) is 0.685. The maximum absolute atomic E-state index is 13.4. The van der Waals surface area contributed by atoms with Crippen molar-refractivity contribution >= 4 is 27.7 Å². The molecule has 10 nitrogen and oxygen atoms in total. The molecule has 3 rings (SSSR count). The predicted molar refractivity (Wildman–Crippen MR) is 137 cm³/mol. The second-order valence-corrected chi connectivity index (χ2v) is 10.6. The molecule has 0 saturated heterocycles. The molecule has 0 spiro atoms. The number of fused-ring (bicyclic) bond motifs is 1. The summed E-state index contributed by atoms with van der Waals surface area (Å²) in [6.07, 6.45) is 2.21. The van der Waals surface area contributed by atoms with Gasteiger partial charge in [0.2, 0.25) is 21.7 Å². The Balaban J connectivity index is 1.82. The molecule has 1 amide bonds. The molecule has 36 heavy (non-hydrogen) atoms. The van der Waals surface area contributed by atoms with E-state index in [4.69, 9.17) is 23.7 Å². The number of methoxy groups -OCH3 is 3. The van der Waals surface area contributed by atoms with Crippen molar-refractivity contribution in [2.24, 2.45) is 0 Å². The van der Waals surface area contributed by atoms with Crippen molar-refractivity contribution in [1.29, 1.82) is 0 Å². The Labute approximate surface area is 216 Å². The Kier molecular flexibility index (Phi) is 9.57. The van der Waals surface area contributed by atoms with E-state index in [0.29, 0.717) is 59.7 Å². The molecule has 2 aromatic rings. The lowest BCUT2D eigenvalue weighted by atomic mass is 10.1. The van der Waals surface area contributed by atoms with Gasteiger partial charge < -0.3 is 28.6 Å². The minimum Gasteiger partial charge on any atom is -0.493 e. The Morgan fingerprint density at radius 1 is 1.06 bits per heavy atom. The molecule has 198 valence electrons. The molecule has 1 N–H and O–H groups in total. The number of rotatable bonds is 12. The van der Waals surface area contributed by atoms with E-state index in [1.807, 2.05) is 6.26 Å². The van der Waals surface area contributed by atoms with Gasteiger partial charge in [-0.2, -0.15) is 16.5 Å². The molecule has 0 bridgehead atoms. The van der Waals surface area contributed by atoms with Gasteiger partial charge in [-0.1, -0.05) is 0 Å². The summed E-state index contributed by atoms with van der Waals surface area (Å²) < 4.78 is 56.2. The van der Waals surface area contributed by atoms with Gasteiger partial charge in [0.15, 0.2) is 23.0 Å². The van der Waals surface area contributed by atoms with E-state index in [9.17, 15) is 13.2 Å². The molecule has 0 aliphatic carbocycles. The van der Waals surface area contributed by atoms with Gasteiger partial charge in [0.05, 0.1) is 26.2 Å². The standard InChI is InChI=1S/C24H32N2O8S2/c1-26(15-16-6-8-20(30-2)23(32-4)22(16)31-3)24(27)18(10-13-35-5)25-36(28,29)17-7-9-19-21(14-17)34-12-11-33-19/h6-9,14,18,25H,10-13,15H2,1-5H3. The zero-order valence-corrected chi connectivity index (χ0v) is 22.7. The van der Waals surface area contributed by atoms with Gasteiger partial charge in [-0.3, -0.25) is 4.79 Å². The van der Waals surface area contributed by atoms with Crippen molar-refractivity contribution < 1.29 is 36.9 Å². The molecule has 0 radical (unpaired) electrons. The van der Waals surface area contributed by atoms with E-state index in [2.05, 4.69) is 4.72 Å². The Morgan fingerprint density at radius 2 is 1.75 bits per heavy atom. The highest BCUT2D eigenvalue weighted by molar-refractivity contribution is 7.98. The largest absolute Gasteiger partial charge is 0.493 e. The maximum atomic E-state index is 13.4. The van der Waals surface area contributed by atoms with E-state index in [-0.39, 0.29) is 17.3 Å². The van der Waals surface area contributed by atoms with Crippen molar-refractivity contribution in [3.63, 3.8) is 0 Å². The minimum absolute atomic E-state index is 0.00193. The van der Waals surface area contributed by atoms with Crippen LogP contribution >= 0.6 is 11.8 Å². The zero-order valence-electron chi connectivity index (χ0n) is 21.0. The number of nitrogens with one attached hydrogen (secondary N) is 1. The first kappa shape index (κ1) is 27.8. The third-order valence-electron chi connectivity index (χ3n) is 5.60. The predicted octanol–water partition coefficient (Wildman–Crippen LogP) is 2.54. The molecule has 1 aliphatic heterocycles. The summed E-state index contributed by atoms with van der Waals surface area (Å²) in [4.78, 5) is 14.9. The summed E-state index contributed by atoms with van der Waals surface area (Å²) in [7, 11) is 2.14. The van der Waals surface area contributed by atoms with E-state index < -0.39 is 16.1 Å². The highest BCUT2D eigenvalue weighted by atomic mass is 32.2. The van der Waals surface area contributed by atoms with Crippen LogP contribution in [0.15, 0.2) is 35.2 Å². The van der Waals surface area contributed by atoms with Gasteiger partial charge >= 0.3 is 0 Å². The normalized spacial score (nSPS) is 13.6. The summed E-state index contributed by atoms with van der Waals surface area (Å²) in [5.74, 6) is 2.41. The fraction of sp³-hybridized carbons (Fsp3) is 0.458. The highest BCUT2D eigenvalue weighted by Gasteiger charge is 2.29. The zero-order chi connectivity index (χ0) is 26.3. The van der Waals surface area contributed by atoms with Crippen LogP contribution in [0.4, 0.5) is 0 Å². The molecular weight excluding hydrogens is 508 g/mol. The Morgan fingerprint density at radius 3 is 2.39 bits per heavy atom. The number of carbonyl (C=O) groups is 1. The van der Waals surface area contributed by atoms with E-state index in [1.165, 1.54) is 50.1 Å². The maximum Gasteiger partial charge on any atom is 0.241 e. The average Bonchev–Trinajstić information content (AvgIpc) is 2.89. The van der Waals surface area contributed by atoms with Gasteiger partial charge in [-0.15, -0.1) is 0 Å². The molecule has 1 heterocycles. The van der Waals surface area contributed by atoms with E-state index in [1.54, 1.807) is 25.2 Å². The van der Waals surface area contributed by atoms with Crippen molar-refractivity contribution in [3.05, 3.63) is 35.9 Å². The number of carbonyl (C=O) groups excluding carboxylic acids is 1. The number of hydrogen-bond donors (Lipinski definition) is 1. The van der Waals surface area contributed by atoms with Crippen molar-refractivity contribution in [1.82, 2.24) is 9.62 Å². The quantitative estimate of drug-likeness (QED) is 0.434. The molecule has 2 aromatic carbocycles. The van der Waals surface area contributed by atoms with Crippen LogP contribution in [0.25, 0.3) is 0 Å². The van der Waals surface area contributed by atoms with Crippen LogP contribution in [0.1, 0.15) is 12.0 Å². The van der Waals surface area contributed by atoms with Crippen LogP contribution in [0.2, 0.25) is 0 Å². The lowest BCUT2D eigenvalue weighted by molar-refractivity contribution is -0.132. The fourth-order valence-electron chi connectivity index (χ4n) is 3.80. The van der Waals surface area contributed by atoms with Crippen LogP contribution < -0.4 is 28.4 Å². The highest BCUT2D eigenvalue weighted by Crippen LogP contribution is 2.40. The third-order valence-corrected chi connectivity index (χ3v) is 7.71. The lowest BCUT2D eigenvalue weighted by Crippen LogP contribution is -2.47. The Bertz CT molecular complexity index is 1170. The number of amides is 1. The van der Waals surface area contributed by atoms with Gasteiger partial charge in [0.1, 0.15) is 19.3 Å². The molecule has 1 atom stereocenters. The molecular formula is C24H32N2O8S2. The third kappa shape index (κ3) is 6.29. The van der Waals surface area contributed by atoms with Crippen LogP contribution in [0.5, 0.6) is 28.7 Å². The first-order chi connectivity index (χ1) is 17.2. The van der Waals surface area contributed by atoms with Crippen LogP contribution in [-0.2, 0) is 21.4 Å². The summed E-state index contributed by atoms with van der Waals surface area (Å²) in [6.45, 7) is 0.910. The Hall–Kier alpha value is -2.83. The van der Waals surface area contributed by atoms with Gasteiger partial charge in [-0.25, -0.2) is 8.42 Å². The second kappa shape index (κ2) is 12.4. The average molecular weight is 541 g/mol. The second-order valence-electron chi connectivity index (χ2n) is 7.95. The van der Waals surface area contributed by atoms with Crippen LogP contribution in [0.3, 0.4) is 0 Å². The molecule has 0 fully saturated rings. The van der Waals surface area contributed by atoms with Gasteiger partial charge in [0, 0.05) is 25.2 Å². The number of nitrogens with zero attached hydrogens (tertiary/aromatic N) is 1. The number of benzene rings is 2. The number of likely N-dealkylation sites (N-methyl/N-ethyl adjacent to an activating group) is 1. The van der Waals surface area contributed by atoms with Gasteiger partial charge in [0.25, 0.3) is 0 Å². The van der Waals surface area contributed by atoms with E-state index in [0.717, 1.165) is 0 Å². The smallest absolute Gasteiger partial charge is 0.241 e. The molecule has 1 aliphatic rings. The number of ether oxygens (including phenoxy) is 5. The van der Waals surface area contributed by atoms with Crippen LogP contribution in [0, 0.1) is 0 Å². The minimum atomic E-state index is -4.01. The first-order valence-electron chi connectivity index (χ1n) is 11.2. The number of sulfonamides is 1. The molecule has 1 unspecified atom stereocenters.